The van der Waals surface area contributed by atoms with Gasteiger partial charge in [0.05, 0.1) is 0 Å². The smallest absolute Gasteiger partial charge is 0.141 e. The van der Waals surface area contributed by atoms with Gasteiger partial charge in [-0.2, -0.15) is 0 Å². The van der Waals surface area contributed by atoms with Crippen LogP contribution in [0, 0.1) is 5.82 Å². The fourth-order valence-electron chi connectivity index (χ4n) is 1.71. The van der Waals surface area contributed by atoms with Crippen molar-refractivity contribution < 1.29 is 4.39 Å². The fourth-order valence-corrected chi connectivity index (χ4v) is 1.71. The fraction of sp³-hybridized carbons (Fsp3) is 0.154. The summed E-state index contributed by atoms with van der Waals surface area (Å²) < 4.78 is 13.1. The highest BCUT2D eigenvalue weighted by atomic mass is 19.1. The standard InChI is InChI=1S/C13H15FN4/c1-9(10-3-2-4-11(14)7-10)17-12-5-6-16-13(8-12)18-15/h2-9H,15H2,1H3,(H2,16,17,18). The van der Waals surface area contributed by atoms with Gasteiger partial charge in [-0.25, -0.2) is 15.2 Å². The van der Waals surface area contributed by atoms with Crippen LogP contribution < -0.4 is 16.6 Å². The molecule has 5 heteroatoms. The van der Waals surface area contributed by atoms with Gasteiger partial charge in [0.1, 0.15) is 11.6 Å². The van der Waals surface area contributed by atoms with E-state index in [1.165, 1.54) is 12.1 Å². The summed E-state index contributed by atoms with van der Waals surface area (Å²) in [6, 6.07) is 10.1. The van der Waals surface area contributed by atoms with Crippen LogP contribution in [0.1, 0.15) is 18.5 Å². The number of nitrogens with zero attached hydrogens (tertiary/aromatic N) is 1. The lowest BCUT2D eigenvalue weighted by atomic mass is 10.1. The van der Waals surface area contributed by atoms with Gasteiger partial charge in [0.25, 0.3) is 0 Å². The molecule has 1 atom stereocenters. The average Bonchev–Trinajstić information content (AvgIpc) is 2.39. The number of nitrogens with two attached hydrogens (primary N) is 1. The Balaban J connectivity index is 2.13. The minimum Gasteiger partial charge on any atom is -0.378 e. The molecule has 1 heterocycles. The van der Waals surface area contributed by atoms with Gasteiger partial charge in [0.15, 0.2) is 0 Å². The molecule has 18 heavy (non-hydrogen) atoms. The summed E-state index contributed by atoms with van der Waals surface area (Å²) >= 11 is 0. The number of rotatable bonds is 4. The number of hydrazine groups is 1. The van der Waals surface area contributed by atoms with Gasteiger partial charge in [0, 0.05) is 24.0 Å². The minimum atomic E-state index is -0.236. The van der Waals surface area contributed by atoms with Crippen molar-refractivity contribution in [2.45, 2.75) is 13.0 Å². The van der Waals surface area contributed by atoms with Crippen LogP contribution >= 0.6 is 0 Å². The zero-order valence-corrected chi connectivity index (χ0v) is 10.0. The van der Waals surface area contributed by atoms with Crippen molar-refractivity contribution in [3.05, 3.63) is 54.0 Å². The normalized spacial score (nSPS) is 11.9. The van der Waals surface area contributed by atoms with Crippen molar-refractivity contribution in [2.75, 3.05) is 10.7 Å². The minimum absolute atomic E-state index is 0.00581. The molecule has 1 aromatic carbocycles. The van der Waals surface area contributed by atoms with Gasteiger partial charge in [0.2, 0.25) is 0 Å². The Hall–Kier alpha value is -2.14. The van der Waals surface area contributed by atoms with E-state index >= 15 is 0 Å². The van der Waals surface area contributed by atoms with Crippen LogP contribution in [-0.4, -0.2) is 4.98 Å². The van der Waals surface area contributed by atoms with E-state index in [9.17, 15) is 4.39 Å². The maximum Gasteiger partial charge on any atom is 0.141 e. The third-order valence-electron chi connectivity index (χ3n) is 2.64. The Kier molecular flexibility index (Phi) is 3.74. The SMILES string of the molecule is CC(Nc1ccnc(NN)c1)c1cccc(F)c1. The van der Waals surface area contributed by atoms with Crippen molar-refractivity contribution in [1.82, 2.24) is 4.98 Å². The van der Waals surface area contributed by atoms with Gasteiger partial charge in [-0.15, -0.1) is 0 Å². The number of nitrogens with one attached hydrogen (secondary N) is 2. The predicted octanol–water partition coefficient (Wildman–Crippen LogP) is 2.68. The quantitative estimate of drug-likeness (QED) is 0.573. The maximum absolute atomic E-state index is 13.1. The molecule has 0 fully saturated rings. The van der Waals surface area contributed by atoms with E-state index in [0.29, 0.717) is 5.82 Å². The second kappa shape index (κ2) is 5.46. The first kappa shape index (κ1) is 12.3. The van der Waals surface area contributed by atoms with E-state index < -0.39 is 0 Å². The number of benzene rings is 1. The molecule has 0 spiro atoms. The molecule has 2 aromatic rings. The molecule has 2 rings (SSSR count). The zero-order valence-electron chi connectivity index (χ0n) is 10.0. The number of anilines is 2. The molecular formula is C13H15FN4. The monoisotopic (exact) mass is 246 g/mol. The van der Waals surface area contributed by atoms with Crippen LogP contribution in [0.2, 0.25) is 0 Å². The number of aromatic nitrogens is 1. The third-order valence-corrected chi connectivity index (χ3v) is 2.64. The van der Waals surface area contributed by atoms with E-state index in [4.69, 9.17) is 5.84 Å². The van der Waals surface area contributed by atoms with Crippen LogP contribution in [-0.2, 0) is 0 Å². The molecule has 94 valence electrons. The average molecular weight is 246 g/mol. The van der Waals surface area contributed by atoms with Crippen molar-refractivity contribution in [3.63, 3.8) is 0 Å². The van der Waals surface area contributed by atoms with E-state index in [-0.39, 0.29) is 11.9 Å². The number of hydrogen-bond acceptors (Lipinski definition) is 4. The Labute approximate surface area is 105 Å². The summed E-state index contributed by atoms with van der Waals surface area (Å²) in [5, 5.41) is 3.26. The van der Waals surface area contributed by atoms with Crippen LogP contribution in [0.25, 0.3) is 0 Å². The third kappa shape index (κ3) is 2.95. The summed E-state index contributed by atoms with van der Waals surface area (Å²) in [5.41, 5.74) is 4.23. The van der Waals surface area contributed by atoms with E-state index in [2.05, 4.69) is 15.7 Å². The lowest BCUT2D eigenvalue weighted by Crippen LogP contribution is -2.10. The number of pyridine rings is 1. The van der Waals surface area contributed by atoms with Crippen LogP contribution in [0.3, 0.4) is 0 Å². The molecule has 0 aliphatic heterocycles. The molecule has 4 N–H and O–H groups in total. The van der Waals surface area contributed by atoms with Crippen LogP contribution in [0.5, 0.6) is 0 Å². The van der Waals surface area contributed by atoms with Crippen molar-refractivity contribution >= 4 is 11.5 Å². The second-order valence-corrected chi connectivity index (χ2v) is 4.00. The molecule has 0 saturated carbocycles. The first-order chi connectivity index (χ1) is 8.69. The largest absolute Gasteiger partial charge is 0.378 e. The number of halogens is 1. The van der Waals surface area contributed by atoms with Crippen molar-refractivity contribution in [1.29, 1.82) is 0 Å². The summed E-state index contributed by atoms with van der Waals surface area (Å²) in [6.45, 7) is 1.96. The highest BCUT2D eigenvalue weighted by molar-refractivity contribution is 5.52. The highest BCUT2D eigenvalue weighted by Crippen LogP contribution is 2.20. The number of nitrogen functional groups attached to an aromatic ring is 1. The summed E-state index contributed by atoms with van der Waals surface area (Å²) in [5.74, 6) is 5.63. The van der Waals surface area contributed by atoms with Gasteiger partial charge >= 0.3 is 0 Å². The molecule has 0 aliphatic rings. The first-order valence-electron chi connectivity index (χ1n) is 5.63. The summed E-state index contributed by atoms with van der Waals surface area (Å²) in [4.78, 5) is 4.02. The van der Waals surface area contributed by atoms with Gasteiger partial charge in [-0.3, -0.25) is 0 Å². The molecule has 0 aliphatic carbocycles. The van der Waals surface area contributed by atoms with Crippen molar-refractivity contribution in [2.24, 2.45) is 5.84 Å². The van der Waals surface area contributed by atoms with Gasteiger partial charge in [-0.1, -0.05) is 12.1 Å². The molecule has 4 nitrogen and oxygen atoms in total. The molecule has 0 radical (unpaired) electrons. The molecule has 1 aromatic heterocycles. The number of hydrogen-bond donors (Lipinski definition) is 3. The molecule has 0 amide bonds. The zero-order chi connectivity index (χ0) is 13.0. The van der Waals surface area contributed by atoms with E-state index in [0.717, 1.165) is 11.3 Å². The molecular weight excluding hydrogens is 231 g/mol. The van der Waals surface area contributed by atoms with E-state index in [1.54, 1.807) is 18.3 Å². The second-order valence-electron chi connectivity index (χ2n) is 4.00. The molecule has 0 saturated heterocycles. The molecule has 0 bridgehead atoms. The lowest BCUT2D eigenvalue weighted by Gasteiger charge is -2.16. The predicted molar refractivity (Wildman–Crippen MR) is 70.5 cm³/mol. The Bertz CT molecular complexity index is 530. The van der Waals surface area contributed by atoms with E-state index in [1.807, 2.05) is 19.1 Å². The highest BCUT2D eigenvalue weighted by Gasteiger charge is 2.06. The van der Waals surface area contributed by atoms with Crippen LogP contribution in [0.15, 0.2) is 42.6 Å². The van der Waals surface area contributed by atoms with Crippen molar-refractivity contribution in [3.8, 4) is 0 Å². The van der Waals surface area contributed by atoms with Gasteiger partial charge < -0.3 is 10.7 Å². The summed E-state index contributed by atoms with van der Waals surface area (Å²) in [7, 11) is 0. The van der Waals surface area contributed by atoms with Gasteiger partial charge in [-0.05, 0) is 30.7 Å². The maximum atomic E-state index is 13.1. The molecule has 1 unspecified atom stereocenters. The summed E-state index contributed by atoms with van der Waals surface area (Å²) in [6.07, 6.45) is 1.65. The Morgan fingerprint density at radius 2 is 2.11 bits per heavy atom. The first-order valence-corrected chi connectivity index (χ1v) is 5.63. The Morgan fingerprint density at radius 1 is 1.28 bits per heavy atom. The topological polar surface area (TPSA) is 63.0 Å². The Morgan fingerprint density at radius 3 is 2.83 bits per heavy atom. The van der Waals surface area contributed by atoms with Crippen LogP contribution in [0.4, 0.5) is 15.9 Å². The lowest BCUT2D eigenvalue weighted by molar-refractivity contribution is 0.623.